The van der Waals surface area contributed by atoms with Gasteiger partial charge in [0, 0.05) is 33.8 Å². The smallest absolute Gasteiger partial charge is 0.0603 e. The second-order valence-electron chi connectivity index (χ2n) is 13.7. The molecule has 51 heavy (non-hydrogen) atoms. The van der Waals surface area contributed by atoms with Gasteiger partial charge in [0.2, 0.25) is 0 Å². The van der Waals surface area contributed by atoms with Crippen molar-refractivity contribution in [2.24, 2.45) is 5.92 Å². The van der Waals surface area contributed by atoms with Crippen LogP contribution in [0, 0.1) is 5.92 Å². The summed E-state index contributed by atoms with van der Waals surface area (Å²) in [7, 11) is 0. The Labute approximate surface area is 298 Å². The van der Waals surface area contributed by atoms with Crippen LogP contribution in [-0.2, 0) is 5.41 Å². The number of hydrogen-bond donors (Lipinski definition) is 0. The lowest BCUT2D eigenvalue weighted by Gasteiger charge is -2.54. The van der Waals surface area contributed by atoms with Gasteiger partial charge >= 0.3 is 0 Å². The highest BCUT2D eigenvalue weighted by Crippen LogP contribution is 2.57. The van der Waals surface area contributed by atoms with Gasteiger partial charge in [-0.15, -0.1) is 0 Å². The molecule has 2 heteroatoms. The Bertz CT molecular complexity index is 2480. The maximum absolute atomic E-state index is 2.55. The van der Waals surface area contributed by atoms with Gasteiger partial charge < -0.3 is 9.47 Å². The summed E-state index contributed by atoms with van der Waals surface area (Å²) in [5, 5.41) is 2.56. The van der Waals surface area contributed by atoms with E-state index in [2.05, 4.69) is 216 Å². The highest BCUT2D eigenvalue weighted by atomic mass is 15.2. The third-order valence-electron chi connectivity index (χ3n) is 11.1. The summed E-state index contributed by atoms with van der Waals surface area (Å²) in [6, 6.07) is 66.9. The van der Waals surface area contributed by atoms with Crippen molar-refractivity contribution in [3.63, 3.8) is 0 Å². The minimum atomic E-state index is -0.348. The Hall–Kier alpha value is -6.38. The number of nitrogens with zero attached hydrogens (tertiary/aromatic N) is 2. The van der Waals surface area contributed by atoms with Crippen LogP contribution < -0.4 is 4.90 Å². The molecule has 1 aliphatic carbocycles. The quantitative estimate of drug-likeness (QED) is 0.180. The predicted molar refractivity (Wildman–Crippen MR) is 213 cm³/mol. The van der Waals surface area contributed by atoms with E-state index in [1.54, 1.807) is 0 Å². The molecule has 1 aliphatic heterocycles. The number of anilines is 2. The number of fused-ring (bicyclic) bond motifs is 5. The van der Waals surface area contributed by atoms with Crippen LogP contribution in [0.4, 0.5) is 11.4 Å². The van der Waals surface area contributed by atoms with Crippen LogP contribution in [0.3, 0.4) is 0 Å². The average Bonchev–Trinajstić information content (AvgIpc) is 3.55. The SMILES string of the molecule is C1=CC2C(C=C1)C(c1ccccc1)(c1ccccc1)c1ccccc1N2c1ccc(-c2ccc(-n3c4ccccc4c4ccccc43)cc2)cc1. The normalized spacial score (nSPS) is 17.4. The fourth-order valence-corrected chi connectivity index (χ4v) is 8.99. The number of benzene rings is 7. The fraction of sp³-hybridized carbons (Fsp3) is 0.0612. The molecule has 0 radical (unpaired) electrons. The van der Waals surface area contributed by atoms with Gasteiger partial charge in [-0.25, -0.2) is 0 Å². The Morgan fingerprint density at radius 1 is 0.412 bits per heavy atom. The molecule has 0 spiro atoms. The lowest BCUT2D eigenvalue weighted by molar-refractivity contribution is 0.385. The fourth-order valence-electron chi connectivity index (χ4n) is 8.99. The molecule has 0 bridgehead atoms. The zero-order valence-electron chi connectivity index (χ0n) is 28.2. The summed E-state index contributed by atoms with van der Waals surface area (Å²) in [5.74, 6) is 0.176. The molecule has 2 atom stereocenters. The Balaban J connectivity index is 1.06. The molecule has 1 aromatic heterocycles. The monoisotopic (exact) mass is 652 g/mol. The molecule has 0 amide bonds. The molecule has 0 saturated heterocycles. The zero-order chi connectivity index (χ0) is 33.8. The van der Waals surface area contributed by atoms with Gasteiger partial charge in [0.15, 0.2) is 0 Å². The van der Waals surface area contributed by atoms with E-state index in [1.165, 1.54) is 66.7 Å². The lowest BCUT2D eigenvalue weighted by Crippen LogP contribution is -2.53. The van der Waals surface area contributed by atoms with Gasteiger partial charge in [-0.1, -0.05) is 164 Å². The first-order valence-electron chi connectivity index (χ1n) is 17.9. The van der Waals surface area contributed by atoms with Crippen molar-refractivity contribution in [3.8, 4) is 16.8 Å². The first-order chi connectivity index (χ1) is 25.3. The molecule has 2 nitrogen and oxygen atoms in total. The lowest BCUT2D eigenvalue weighted by atomic mass is 9.56. The summed E-state index contributed by atoms with van der Waals surface area (Å²) < 4.78 is 2.37. The first kappa shape index (κ1) is 29.5. The van der Waals surface area contributed by atoms with E-state index in [1.807, 2.05) is 0 Å². The van der Waals surface area contributed by atoms with Gasteiger partial charge in [0.1, 0.15) is 0 Å². The van der Waals surface area contributed by atoms with Crippen LogP contribution in [0.5, 0.6) is 0 Å². The summed E-state index contributed by atoms with van der Waals surface area (Å²) in [5.41, 5.74) is 12.1. The number of hydrogen-bond acceptors (Lipinski definition) is 1. The van der Waals surface area contributed by atoms with E-state index in [0.717, 1.165) is 0 Å². The van der Waals surface area contributed by atoms with Crippen LogP contribution in [0.25, 0.3) is 38.6 Å². The van der Waals surface area contributed by atoms with Crippen molar-refractivity contribution in [1.29, 1.82) is 0 Å². The van der Waals surface area contributed by atoms with Gasteiger partial charge in [0.25, 0.3) is 0 Å². The summed E-state index contributed by atoms with van der Waals surface area (Å²) in [6.45, 7) is 0. The molecule has 8 aromatic rings. The standard InChI is InChI=1S/C49H36N2/c1-3-15-37(16-4-1)49(38-17-5-2-6-18-38)43-21-9-13-25-47(43)51(48-26-14-10-22-44(48)49)40-33-29-36(30-34-40)35-27-31-39(32-28-35)50-45-23-11-7-19-41(45)42-20-8-12-24-46(42)50/h1-34,43,47H. The van der Waals surface area contributed by atoms with Crippen LogP contribution in [-0.4, -0.2) is 10.6 Å². The molecule has 2 heterocycles. The van der Waals surface area contributed by atoms with Crippen LogP contribution >= 0.6 is 0 Å². The summed E-state index contributed by atoms with van der Waals surface area (Å²) in [6.07, 6.45) is 9.28. The largest absolute Gasteiger partial charge is 0.334 e. The third kappa shape index (κ3) is 4.50. The van der Waals surface area contributed by atoms with Gasteiger partial charge in [-0.05, 0) is 70.3 Å². The molecule has 2 aliphatic rings. The van der Waals surface area contributed by atoms with E-state index in [9.17, 15) is 0 Å². The number of rotatable bonds is 5. The maximum Gasteiger partial charge on any atom is 0.0603 e. The van der Waals surface area contributed by atoms with Crippen LogP contribution in [0.2, 0.25) is 0 Å². The number of para-hydroxylation sites is 3. The van der Waals surface area contributed by atoms with Crippen molar-refractivity contribution in [2.75, 3.05) is 4.90 Å². The molecular weight excluding hydrogens is 617 g/mol. The molecule has 0 N–H and O–H groups in total. The van der Waals surface area contributed by atoms with E-state index in [0.29, 0.717) is 0 Å². The molecule has 7 aromatic carbocycles. The molecule has 242 valence electrons. The maximum atomic E-state index is 2.55. The van der Waals surface area contributed by atoms with Crippen LogP contribution in [0.1, 0.15) is 16.7 Å². The molecule has 10 rings (SSSR count). The van der Waals surface area contributed by atoms with E-state index in [-0.39, 0.29) is 17.4 Å². The zero-order valence-corrected chi connectivity index (χ0v) is 28.2. The molecule has 0 saturated carbocycles. The van der Waals surface area contributed by atoms with E-state index in [4.69, 9.17) is 0 Å². The number of aromatic nitrogens is 1. The topological polar surface area (TPSA) is 8.17 Å². The average molecular weight is 653 g/mol. The van der Waals surface area contributed by atoms with Crippen molar-refractivity contribution in [2.45, 2.75) is 11.5 Å². The van der Waals surface area contributed by atoms with Gasteiger partial charge in [-0.3, -0.25) is 0 Å². The Morgan fingerprint density at radius 3 is 1.51 bits per heavy atom. The minimum Gasteiger partial charge on any atom is -0.334 e. The summed E-state index contributed by atoms with van der Waals surface area (Å²) >= 11 is 0. The second-order valence-corrected chi connectivity index (χ2v) is 13.7. The molecule has 0 fully saturated rings. The molecular formula is C49H36N2. The van der Waals surface area contributed by atoms with Crippen LogP contribution in [0.15, 0.2) is 206 Å². The van der Waals surface area contributed by atoms with Crippen molar-refractivity contribution < 1.29 is 0 Å². The Morgan fingerprint density at radius 2 is 0.902 bits per heavy atom. The predicted octanol–water partition coefficient (Wildman–Crippen LogP) is 12.0. The van der Waals surface area contributed by atoms with Crippen molar-refractivity contribution in [1.82, 2.24) is 4.57 Å². The van der Waals surface area contributed by atoms with Gasteiger partial charge in [0.05, 0.1) is 22.5 Å². The minimum absolute atomic E-state index is 0.127. The highest BCUT2D eigenvalue weighted by molar-refractivity contribution is 6.09. The Kier molecular flexibility index (Phi) is 6.89. The summed E-state index contributed by atoms with van der Waals surface area (Å²) in [4.78, 5) is 2.55. The van der Waals surface area contributed by atoms with E-state index >= 15 is 0 Å². The van der Waals surface area contributed by atoms with Crippen molar-refractivity contribution in [3.05, 3.63) is 223 Å². The first-order valence-corrected chi connectivity index (χ1v) is 17.9. The van der Waals surface area contributed by atoms with E-state index < -0.39 is 0 Å². The van der Waals surface area contributed by atoms with Crippen molar-refractivity contribution >= 4 is 33.2 Å². The second kappa shape index (κ2) is 11.9. The molecule has 2 unspecified atom stereocenters. The highest BCUT2D eigenvalue weighted by Gasteiger charge is 2.52. The number of allylic oxidation sites excluding steroid dienone is 2. The third-order valence-corrected chi connectivity index (χ3v) is 11.1. The van der Waals surface area contributed by atoms with Gasteiger partial charge in [-0.2, -0.15) is 0 Å².